The maximum atomic E-state index is 12.5. The van der Waals surface area contributed by atoms with Gasteiger partial charge in [-0.2, -0.15) is 0 Å². The van der Waals surface area contributed by atoms with E-state index in [-0.39, 0.29) is 12.5 Å². The monoisotopic (exact) mass is 344 g/mol. The molecular formula is C19H24N2O4. The van der Waals surface area contributed by atoms with Crippen LogP contribution < -0.4 is 10.1 Å². The predicted molar refractivity (Wildman–Crippen MR) is 95.5 cm³/mol. The van der Waals surface area contributed by atoms with Crippen LogP contribution in [0.2, 0.25) is 0 Å². The molecule has 0 saturated heterocycles. The lowest BCUT2D eigenvalue weighted by atomic mass is 9.94. The van der Waals surface area contributed by atoms with Crippen LogP contribution in [0.3, 0.4) is 0 Å². The van der Waals surface area contributed by atoms with Crippen molar-refractivity contribution in [1.29, 1.82) is 0 Å². The Labute approximate surface area is 147 Å². The van der Waals surface area contributed by atoms with Gasteiger partial charge in [-0.05, 0) is 58.0 Å². The Bertz CT molecular complexity index is 789. The molecule has 0 atom stereocenters. The summed E-state index contributed by atoms with van der Waals surface area (Å²) in [6.07, 6.45) is 0. The van der Waals surface area contributed by atoms with Gasteiger partial charge in [0.15, 0.2) is 0 Å². The number of benzene rings is 1. The number of nitrogens with one attached hydrogen (secondary N) is 1. The van der Waals surface area contributed by atoms with E-state index < -0.39 is 11.4 Å². The highest BCUT2D eigenvalue weighted by Crippen LogP contribution is 2.23. The quantitative estimate of drug-likeness (QED) is 0.844. The Morgan fingerprint density at radius 2 is 1.80 bits per heavy atom. The number of carbonyl (C=O) groups excluding carboxylic acids is 1. The first-order valence-electron chi connectivity index (χ1n) is 8.02. The van der Waals surface area contributed by atoms with Gasteiger partial charge in [-0.15, -0.1) is 0 Å². The predicted octanol–water partition coefficient (Wildman–Crippen LogP) is 2.94. The van der Waals surface area contributed by atoms with E-state index >= 15 is 0 Å². The highest BCUT2D eigenvalue weighted by Gasteiger charge is 2.28. The van der Waals surface area contributed by atoms with E-state index in [4.69, 9.17) is 9.84 Å². The van der Waals surface area contributed by atoms with E-state index in [1.165, 1.54) is 0 Å². The van der Waals surface area contributed by atoms with Gasteiger partial charge in [-0.25, -0.2) is 0 Å². The normalized spacial score (nSPS) is 11.2. The van der Waals surface area contributed by atoms with Crippen LogP contribution >= 0.6 is 0 Å². The number of aryl methyl sites for hydroxylation is 1. The van der Waals surface area contributed by atoms with Crippen LogP contribution in [-0.4, -0.2) is 35.2 Å². The Balaban J connectivity index is 2.26. The Kier molecular flexibility index (Phi) is 5.21. The molecule has 0 aliphatic heterocycles. The molecule has 0 radical (unpaired) electrons. The van der Waals surface area contributed by atoms with Gasteiger partial charge in [0, 0.05) is 23.6 Å². The summed E-state index contributed by atoms with van der Waals surface area (Å²) in [6.45, 7) is 7.02. The van der Waals surface area contributed by atoms with Crippen LogP contribution in [0.4, 0.5) is 0 Å². The van der Waals surface area contributed by atoms with Crippen molar-refractivity contribution >= 4 is 11.9 Å². The standard InChI is InChI=1S/C19H24N2O4/c1-12-10-16(17(22)20-11-19(3,4)18(23)24)13(2)21(12)14-6-8-15(25-5)9-7-14/h6-10H,11H2,1-5H3,(H,20,22)(H,23,24). The number of methoxy groups -OCH3 is 1. The van der Waals surface area contributed by atoms with Crippen molar-refractivity contribution in [2.24, 2.45) is 5.41 Å². The van der Waals surface area contributed by atoms with Crippen molar-refractivity contribution in [2.75, 3.05) is 13.7 Å². The number of hydrogen-bond donors (Lipinski definition) is 2. The van der Waals surface area contributed by atoms with Gasteiger partial charge in [0.25, 0.3) is 5.91 Å². The fourth-order valence-electron chi connectivity index (χ4n) is 2.59. The minimum absolute atomic E-state index is 0.0629. The Morgan fingerprint density at radius 3 is 2.32 bits per heavy atom. The molecule has 0 fully saturated rings. The van der Waals surface area contributed by atoms with Crippen LogP contribution in [0.25, 0.3) is 5.69 Å². The van der Waals surface area contributed by atoms with E-state index in [1.54, 1.807) is 21.0 Å². The fraction of sp³-hybridized carbons (Fsp3) is 0.368. The molecule has 1 heterocycles. The highest BCUT2D eigenvalue weighted by molar-refractivity contribution is 5.96. The van der Waals surface area contributed by atoms with Crippen molar-refractivity contribution < 1.29 is 19.4 Å². The van der Waals surface area contributed by atoms with Crippen molar-refractivity contribution in [3.05, 3.63) is 47.3 Å². The van der Waals surface area contributed by atoms with Gasteiger partial charge >= 0.3 is 5.97 Å². The van der Waals surface area contributed by atoms with Crippen molar-refractivity contribution in [3.8, 4) is 11.4 Å². The minimum atomic E-state index is -1.02. The lowest BCUT2D eigenvalue weighted by molar-refractivity contribution is -0.146. The van der Waals surface area contributed by atoms with Gasteiger partial charge in [0.05, 0.1) is 18.1 Å². The third-order valence-corrected chi connectivity index (χ3v) is 4.28. The second-order valence-corrected chi connectivity index (χ2v) is 6.69. The van der Waals surface area contributed by atoms with Crippen LogP contribution in [0.15, 0.2) is 30.3 Å². The molecule has 2 rings (SSSR count). The molecule has 6 heteroatoms. The zero-order valence-electron chi connectivity index (χ0n) is 15.2. The fourth-order valence-corrected chi connectivity index (χ4v) is 2.59. The first-order valence-corrected chi connectivity index (χ1v) is 8.02. The summed E-state index contributed by atoms with van der Waals surface area (Å²) in [5.41, 5.74) is 2.17. The van der Waals surface area contributed by atoms with Crippen LogP contribution in [0.5, 0.6) is 5.75 Å². The smallest absolute Gasteiger partial charge is 0.310 e. The number of amides is 1. The second kappa shape index (κ2) is 7.01. The summed E-state index contributed by atoms with van der Waals surface area (Å²) in [4.78, 5) is 23.7. The third-order valence-electron chi connectivity index (χ3n) is 4.28. The summed E-state index contributed by atoms with van der Waals surface area (Å²) in [5, 5.41) is 11.9. The van der Waals surface area contributed by atoms with Gasteiger partial charge in [0.2, 0.25) is 0 Å². The lowest BCUT2D eigenvalue weighted by Crippen LogP contribution is -2.39. The summed E-state index contributed by atoms with van der Waals surface area (Å²) in [7, 11) is 1.61. The molecule has 6 nitrogen and oxygen atoms in total. The average molecular weight is 344 g/mol. The molecule has 0 bridgehead atoms. The number of carboxylic acids is 1. The Morgan fingerprint density at radius 1 is 1.20 bits per heavy atom. The molecule has 0 saturated carbocycles. The summed E-state index contributed by atoms with van der Waals surface area (Å²) in [6, 6.07) is 9.39. The molecule has 0 aliphatic carbocycles. The Hall–Kier alpha value is -2.76. The summed E-state index contributed by atoms with van der Waals surface area (Å²) in [5.74, 6) is -0.459. The molecule has 25 heavy (non-hydrogen) atoms. The molecule has 0 unspecified atom stereocenters. The number of ether oxygens (including phenoxy) is 1. The molecule has 134 valence electrons. The number of aromatic nitrogens is 1. The van der Waals surface area contributed by atoms with Crippen LogP contribution in [0.1, 0.15) is 35.6 Å². The second-order valence-electron chi connectivity index (χ2n) is 6.69. The van der Waals surface area contributed by atoms with Gasteiger partial charge in [0.1, 0.15) is 5.75 Å². The van der Waals surface area contributed by atoms with E-state index in [2.05, 4.69) is 5.32 Å². The number of rotatable bonds is 6. The van der Waals surface area contributed by atoms with Gasteiger partial charge in [-0.1, -0.05) is 0 Å². The molecule has 2 aromatic rings. The van der Waals surface area contributed by atoms with E-state index in [0.717, 1.165) is 22.8 Å². The zero-order chi connectivity index (χ0) is 18.8. The van der Waals surface area contributed by atoms with E-state index in [0.29, 0.717) is 5.56 Å². The maximum Gasteiger partial charge on any atom is 0.310 e. The molecule has 1 amide bonds. The topological polar surface area (TPSA) is 80.6 Å². The average Bonchev–Trinajstić information content (AvgIpc) is 2.87. The number of nitrogens with zero attached hydrogens (tertiary/aromatic N) is 1. The molecule has 2 N–H and O–H groups in total. The lowest BCUT2D eigenvalue weighted by Gasteiger charge is -2.19. The number of aliphatic carboxylic acids is 1. The number of carbonyl (C=O) groups is 2. The maximum absolute atomic E-state index is 12.5. The minimum Gasteiger partial charge on any atom is -0.497 e. The van der Waals surface area contributed by atoms with Crippen molar-refractivity contribution in [3.63, 3.8) is 0 Å². The molecule has 0 aliphatic rings. The van der Waals surface area contributed by atoms with Gasteiger partial charge < -0.3 is 19.7 Å². The zero-order valence-corrected chi connectivity index (χ0v) is 15.2. The number of carboxylic acid groups (broad SMARTS) is 1. The van der Waals surface area contributed by atoms with Crippen molar-refractivity contribution in [2.45, 2.75) is 27.7 Å². The van der Waals surface area contributed by atoms with Crippen LogP contribution in [0, 0.1) is 19.3 Å². The largest absolute Gasteiger partial charge is 0.497 e. The molecule has 1 aromatic heterocycles. The number of hydrogen-bond acceptors (Lipinski definition) is 3. The van der Waals surface area contributed by atoms with Gasteiger partial charge in [-0.3, -0.25) is 9.59 Å². The summed E-state index contributed by atoms with van der Waals surface area (Å²) >= 11 is 0. The SMILES string of the molecule is COc1ccc(-n2c(C)cc(C(=O)NCC(C)(C)C(=O)O)c2C)cc1. The van der Waals surface area contributed by atoms with E-state index in [9.17, 15) is 9.59 Å². The third kappa shape index (κ3) is 3.84. The molecule has 0 spiro atoms. The molecule has 1 aromatic carbocycles. The van der Waals surface area contributed by atoms with Crippen LogP contribution in [-0.2, 0) is 4.79 Å². The highest BCUT2D eigenvalue weighted by atomic mass is 16.5. The first-order chi connectivity index (χ1) is 11.7. The van der Waals surface area contributed by atoms with E-state index in [1.807, 2.05) is 48.7 Å². The van der Waals surface area contributed by atoms with Crippen molar-refractivity contribution in [1.82, 2.24) is 9.88 Å². The summed E-state index contributed by atoms with van der Waals surface area (Å²) < 4.78 is 7.15. The molecular weight excluding hydrogens is 320 g/mol. The first kappa shape index (κ1) is 18.6.